The molecule has 1 saturated heterocycles. The predicted octanol–water partition coefficient (Wildman–Crippen LogP) is 2.80. The van der Waals surface area contributed by atoms with Crippen LogP contribution in [0.3, 0.4) is 0 Å². The summed E-state index contributed by atoms with van der Waals surface area (Å²) in [5, 5.41) is 4.26. The molecule has 1 spiro atoms. The number of aromatic nitrogens is 3. The molecule has 6 heteroatoms. The number of anilines is 1. The minimum absolute atomic E-state index is 0.331. The van der Waals surface area contributed by atoms with Gasteiger partial charge in [0.1, 0.15) is 5.82 Å². The van der Waals surface area contributed by atoms with Crippen molar-refractivity contribution in [2.45, 2.75) is 39.7 Å². The van der Waals surface area contributed by atoms with Gasteiger partial charge in [0.05, 0.1) is 24.9 Å². The molecule has 132 valence electrons. The van der Waals surface area contributed by atoms with Gasteiger partial charge >= 0.3 is 5.97 Å². The van der Waals surface area contributed by atoms with Crippen LogP contribution in [0.4, 0.5) is 5.82 Å². The number of hydrogen-bond acceptors (Lipinski definition) is 5. The van der Waals surface area contributed by atoms with Crippen molar-refractivity contribution < 1.29 is 9.53 Å². The molecule has 25 heavy (non-hydrogen) atoms. The van der Waals surface area contributed by atoms with Gasteiger partial charge in [-0.15, -0.1) is 0 Å². The average Bonchev–Trinajstić information content (AvgIpc) is 3.01. The number of aryl methyl sites for hydroxylation is 1. The van der Waals surface area contributed by atoms with E-state index in [2.05, 4.69) is 22.1 Å². The zero-order valence-electron chi connectivity index (χ0n) is 14.9. The van der Waals surface area contributed by atoms with E-state index in [4.69, 9.17) is 9.72 Å². The lowest BCUT2D eigenvalue weighted by atomic mass is 10.1. The summed E-state index contributed by atoms with van der Waals surface area (Å²) in [6.45, 7) is 7.07. The van der Waals surface area contributed by atoms with Gasteiger partial charge in [0, 0.05) is 25.0 Å². The maximum absolute atomic E-state index is 11.7. The third-order valence-electron chi connectivity index (χ3n) is 5.38. The molecule has 2 fully saturated rings. The summed E-state index contributed by atoms with van der Waals surface area (Å²) >= 11 is 0. The molecule has 3 heterocycles. The van der Waals surface area contributed by atoms with E-state index in [1.54, 1.807) is 24.0 Å². The predicted molar refractivity (Wildman–Crippen MR) is 94.8 cm³/mol. The van der Waals surface area contributed by atoms with Gasteiger partial charge in [-0.1, -0.05) is 6.07 Å². The highest BCUT2D eigenvalue weighted by Gasteiger charge is 2.47. The fraction of sp³-hybridized carbons (Fsp3) is 0.526. The highest BCUT2D eigenvalue weighted by atomic mass is 16.5. The SMILES string of the molecule is CCOC(=O)c1cnn(Cc2ccc(N3CCC4(CC4)C3)nc2C)c1. The van der Waals surface area contributed by atoms with Crippen molar-refractivity contribution in [1.82, 2.24) is 14.8 Å². The zero-order valence-corrected chi connectivity index (χ0v) is 14.9. The third kappa shape index (κ3) is 3.25. The molecule has 0 bridgehead atoms. The number of esters is 1. The van der Waals surface area contributed by atoms with E-state index in [0.29, 0.717) is 24.1 Å². The maximum Gasteiger partial charge on any atom is 0.341 e. The van der Waals surface area contributed by atoms with E-state index in [1.165, 1.54) is 19.3 Å². The minimum atomic E-state index is -0.331. The second-order valence-electron chi connectivity index (χ2n) is 7.23. The van der Waals surface area contributed by atoms with E-state index >= 15 is 0 Å². The molecule has 2 aliphatic rings. The molecular weight excluding hydrogens is 316 g/mol. The van der Waals surface area contributed by atoms with Crippen molar-refractivity contribution in [2.24, 2.45) is 5.41 Å². The Balaban J connectivity index is 1.45. The molecule has 0 N–H and O–H groups in total. The molecule has 2 aromatic heterocycles. The molecule has 0 amide bonds. The van der Waals surface area contributed by atoms with Gasteiger partial charge in [0.25, 0.3) is 0 Å². The Labute approximate surface area is 147 Å². The quantitative estimate of drug-likeness (QED) is 0.783. The fourth-order valence-electron chi connectivity index (χ4n) is 3.58. The highest BCUT2D eigenvalue weighted by molar-refractivity contribution is 5.88. The maximum atomic E-state index is 11.7. The van der Waals surface area contributed by atoms with Crippen LogP contribution < -0.4 is 4.90 Å². The number of nitrogens with zero attached hydrogens (tertiary/aromatic N) is 4. The summed E-state index contributed by atoms with van der Waals surface area (Å²) in [6, 6.07) is 4.24. The Bertz CT molecular complexity index is 794. The Morgan fingerprint density at radius 1 is 1.32 bits per heavy atom. The molecule has 1 saturated carbocycles. The van der Waals surface area contributed by atoms with Crippen LogP contribution in [0.5, 0.6) is 0 Å². The van der Waals surface area contributed by atoms with E-state index in [9.17, 15) is 4.79 Å². The monoisotopic (exact) mass is 340 g/mol. The number of rotatable bonds is 5. The third-order valence-corrected chi connectivity index (χ3v) is 5.38. The first-order valence-corrected chi connectivity index (χ1v) is 9.00. The van der Waals surface area contributed by atoms with Crippen LogP contribution in [0, 0.1) is 12.3 Å². The van der Waals surface area contributed by atoms with Gasteiger partial charge in [-0.25, -0.2) is 9.78 Å². The van der Waals surface area contributed by atoms with Crippen molar-refractivity contribution in [1.29, 1.82) is 0 Å². The lowest BCUT2D eigenvalue weighted by Crippen LogP contribution is -2.21. The van der Waals surface area contributed by atoms with Crippen LogP contribution in [-0.2, 0) is 11.3 Å². The fourth-order valence-corrected chi connectivity index (χ4v) is 3.58. The molecular formula is C19H24N4O2. The smallest absolute Gasteiger partial charge is 0.341 e. The Morgan fingerprint density at radius 3 is 2.84 bits per heavy atom. The summed E-state index contributed by atoms with van der Waals surface area (Å²) in [5.74, 6) is 0.750. The topological polar surface area (TPSA) is 60.2 Å². The standard InChI is InChI=1S/C19H24N4O2/c1-3-25-18(24)16-10-20-23(12-16)11-15-4-5-17(21-14(15)2)22-9-8-19(13-22)6-7-19/h4-5,10,12H,3,6-9,11,13H2,1-2H3. The van der Waals surface area contributed by atoms with Gasteiger partial charge in [0.2, 0.25) is 0 Å². The molecule has 4 rings (SSSR count). The zero-order chi connectivity index (χ0) is 17.4. The van der Waals surface area contributed by atoms with Crippen molar-refractivity contribution in [3.63, 3.8) is 0 Å². The summed E-state index contributed by atoms with van der Waals surface area (Å²) in [5.41, 5.74) is 3.22. The van der Waals surface area contributed by atoms with Crippen molar-refractivity contribution in [2.75, 3.05) is 24.6 Å². The second kappa shape index (κ2) is 6.17. The van der Waals surface area contributed by atoms with Crippen LogP contribution in [0.1, 0.15) is 47.8 Å². The molecule has 0 atom stereocenters. The molecule has 1 aliphatic heterocycles. The van der Waals surface area contributed by atoms with Gasteiger partial charge in [-0.05, 0) is 50.2 Å². The van der Waals surface area contributed by atoms with Crippen LogP contribution >= 0.6 is 0 Å². The van der Waals surface area contributed by atoms with Crippen molar-refractivity contribution in [3.05, 3.63) is 41.3 Å². The molecule has 0 unspecified atom stereocenters. The van der Waals surface area contributed by atoms with Gasteiger partial charge < -0.3 is 9.64 Å². The second-order valence-corrected chi connectivity index (χ2v) is 7.23. The lowest BCUT2D eigenvalue weighted by molar-refractivity contribution is 0.0526. The number of hydrogen-bond donors (Lipinski definition) is 0. The first-order valence-electron chi connectivity index (χ1n) is 9.00. The Hall–Kier alpha value is -2.37. The number of carbonyl (C=O) groups is 1. The molecule has 1 aliphatic carbocycles. The number of ether oxygens (including phenoxy) is 1. The van der Waals surface area contributed by atoms with E-state index in [1.807, 2.05) is 6.92 Å². The summed E-state index contributed by atoms with van der Waals surface area (Å²) < 4.78 is 6.75. The normalized spacial score (nSPS) is 17.9. The minimum Gasteiger partial charge on any atom is -0.462 e. The van der Waals surface area contributed by atoms with Gasteiger partial charge in [-0.2, -0.15) is 5.10 Å². The van der Waals surface area contributed by atoms with Crippen LogP contribution in [0.2, 0.25) is 0 Å². The summed E-state index contributed by atoms with van der Waals surface area (Å²) in [4.78, 5) is 19.0. The Morgan fingerprint density at radius 2 is 2.16 bits per heavy atom. The summed E-state index contributed by atoms with van der Waals surface area (Å²) in [7, 11) is 0. The lowest BCUT2D eigenvalue weighted by Gasteiger charge is -2.19. The van der Waals surface area contributed by atoms with E-state index in [-0.39, 0.29) is 5.97 Å². The first-order chi connectivity index (χ1) is 12.1. The Kier molecular flexibility index (Phi) is 3.98. The largest absolute Gasteiger partial charge is 0.462 e. The molecule has 0 radical (unpaired) electrons. The molecule has 0 aromatic carbocycles. The van der Waals surface area contributed by atoms with Crippen LogP contribution in [-0.4, -0.2) is 40.4 Å². The molecule has 2 aromatic rings. The summed E-state index contributed by atoms with van der Waals surface area (Å²) in [6.07, 6.45) is 7.34. The highest BCUT2D eigenvalue weighted by Crippen LogP contribution is 2.53. The van der Waals surface area contributed by atoms with Gasteiger partial charge in [-0.3, -0.25) is 4.68 Å². The van der Waals surface area contributed by atoms with E-state index in [0.717, 1.165) is 30.2 Å². The van der Waals surface area contributed by atoms with Crippen LogP contribution in [0.25, 0.3) is 0 Å². The van der Waals surface area contributed by atoms with E-state index < -0.39 is 0 Å². The first kappa shape index (κ1) is 16.1. The number of pyridine rings is 1. The molecule has 6 nitrogen and oxygen atoms in total. The number of carbonyl (C=O) groups excluding carboxylic acids is 1. The van der Waals surface area contributed by atoms with Crippen molar-refractivity contribution >= 4 is 11.8 Å². The average molecular weight is 340 g/mol. The van der Waals surface area contributed by atoms with Crippen molar-refractivity contribution in [3.8, 4) is 0 Å². The van der Waals surface area contributed by atoms with Crippen LogP contribution in [0.15, 0.2) is 24.5 Å². The van der Waals surface area contributed by atoms with Gasteiger partial charge in [0.15, 0.2) is 0 Å².